The first-order valence-electron chi connectivity index (χ1n) is 12.2. The topological polar surface area (TPSA) is 101 Å². The molecular formula is C23H32ClF3N4O5S. The molecule has 9 nitrogen and oxygen atoms in total. The second kappa shape index (κ2) is 11.7. The van der Waals surface area contributed by atoms with Crippen molar-refractivity contribution in [2.45, 2.75) is 56.4 Å². The number of nitrogens with zero attached hydrogens (tertiary/aromatic N) is 4. The molecule has 208 valence electrons. The standard InChI is InChI=1S/C23H32ClF3N4O5S/c1-2-3-4-5-18-6-8-19(9-7-18)28-14-16-30(17-15-28)37(35,36)22(20(32)31(24)34)10-12-29(13-11-22)21(33)23(25,26)27/h6-9,34H,2-5,10-17H2,1H3. The lowest BCUT2D eigenvalue weighted by atomic mass is 9.94. The zero-order valence-electron chi connectivity index (χ0n) is 20.6. The van der Waals surface area contributed by atoms with Gasteiger partial charge in [0, 0.05) is 56.7 Å². The number of benzene rings is 1. The first-order valence-corrected chi connectivity index (χ1v) is 14.0. The van der Waals surface area contributed by atoms with Gasteiger partial charge in [-0.1, -0.05) is 31.9 Å². The van der Waals surface area contributed by atoms with Crippen LogP contribution < -0.4 is 4.90 Å². The second-order valence-corrected chi connectivity index (χ2v) is 11.9. The molecule has 1 aromatic rings. The van der Waals surface area contributed by atoms with Crippen molar-refractivity contribution >= 4 is 39.3 Å². The molecule has 0 atom stereocenters. The number of carbonyl (C=O) groups is 2. The summed E-state index contributed by atoms with van der Waals surface area (Å²) in [6.07, 6.45) is -1.96. The third kappa shape index (κ3) is 6.32. The molecule has 2 aliphatic rings. The number of aryl methyl sites for hydroxylation is 1. The Labute approximate surface area is 219 Å². The van der Waals surface area contributed by atoms with Crippen LogP contribution in [0.1, 0.15) is 44.6 Å². The van der Waals surface area contributed by atoms with Gasteiger partial charge in [0.1, 0.15) is 0 Å². The van der Waals surface area contributed by atoms with Crippen LogP contribution in [0.15, 0.2) is 24.3 Å². The van der Waals surface area contributed by atoms with E-state index in [1.807, 2.05) is 29.2 Å². The molecule has 3 rings (SSSR count). The molecule has 0 spiro atoms. The number of anilines is 1. The molecule has 2 fully saturated rings. The van der Waals surface area contributed by atoms with Crippen molar-refractivity contribution in [1.82, 2.24) is 13.8 Å². The van der Waals surface area contributed by atoms with Gasteiger partial charge in [0.15, 0.2) is 4.75 Å². The van der Waals surface area contributed by atoms with Crippen molar-refractivity contribution in [3.8, 4) is 0 Å². The zero-order valence-corrected chi connectivity index (χ0v) is 22.2. The van der Waals surface area contributed by atoms with Gasteiger partial charge in [-0.15, -0.1) is 4.58 Å². The molecule has 0 unspecified atom stereocenters. The average molecular weight is 569 g/mol. The number of carbonyl (C=O) groups excluding carboxylic acids is 2. The van der Waals surface area contributed by atoms with Crippen LogP contribution in [0.3, 0.4) is 0 Å². The average Bonchev–Trinajstić information content (AvgIpc) is 2.88. The molecule has 0 radical (unpaired) electrons. The van der Waals surface area contributed by atoms with Gasteiger partial charge in [0.2, 0.25) is 10.0 Å². The fourth-order valence-corrected chi connectivity index (χ4v) is 7.24. The Morgan fingerprint density at radius 1 is 1.03 bits per heavy atom. The number of piperazine rings is 1. The Bertz CT molecular complexity index is 1050. The molecule has 14 heteroatoms. The van der Waals surface area contributed by atoms with Gasteiger partial charge >= 0.3 is 12.1 Å². The van der Waals surface area contributed by atoms with Gasteiger partial charge in [0.05, 0.1) is 0 Å². The molecule has 2 heterocycles. The van der Waals surface area contributed by atoms with E-state index in [9.17, 15) is 36.4 Å². The number of sulfonamides is 1. The minimum absolute atomic E-state index is 0.0362. The highest BCUT2D eigenvalue weighted by Crippen LogP contribution is 2.37. The molecule has 2 aliphatic heterocycles. The van der Waals surface area contributed by atoms with Crippen LogP contribution in [-0.4, -0.2) is 89.4 Å². The van der Waals surface area contributed by atoms with Crippen molar-refractivity contribution in [3.63, 3.8) is 0 Å². The highest BCUT2D eigenvalue weighted by Gasteiger charge is 2.58. The fraction of sp³-hybridized carbons (Fsp3) is 0.652. The smallest absolute Gasteiger partial charge is 0.369 e. The predicted molar refractivity (Wildman–Crippen MR) is 131 cm³/mol. The van der Waals surface area contributed by atoms with E-state index in [0.717, 1.165) is 35.7 Å². The van der Waals surface area contributed by atoms with Gasteiger partial charge < -0.3 is 9.80 Å². The summed E-state index contributed by atoms with van der Waals surface area (Å²) < 4.78 is 64.3. The van der Waals surface area contributed by atoms with E-state index >= 15 is 0 Å². The lowest BCUT2D eigenvalue weighted by molar-refractivity contribution is -0.187. The van der Waals surface area contributed by atoms with Crippen molar-refractivity contribution in [3.05, 3.63) is 29.8 Å². The molecule has 37 heavy (non-hydrogen) atoms. The fourth-order valence-electron chi connectivity index (χ4n) is 4.89. The van der Waals surface area contributed by atoms with Gasteiger partial charge in [-0.3, -0.25) is 14.8 Å². The van der Waals surface area contributed by atoms with E-state index < -0.39 is 58.7 Å². The summed E-state index contributed by atoms with van der Waals surface area (Å²) in [6.45, 7) is 1.64. The molecule has 0 aromatic heterocycles. The first kappa shape index (κ1) is 29.5. The van der Waals surface area contributed by atoms with Crippen LogP contribution >= 0.6 is 11.8 Å². The summed E-state index contributed by atoms with van der Waals surface area (Å²) in [7, 11) is -4.45. The van der Waals surface area contributed by atoms with Crippen LogP contribution in [0.4, 0.5) is 18.9 Å². The summed E-state index contributed by atoms with van der Waals surface area (Å²) in [4.78, 5) is 26.9. The Morgan fingerprint density at radius 3 is 2.08 bits per heavy atom. The molecule has 0 aliphatic carbocycles. The van der Waals surface area contributed by atoms with Crippen LogP contribution in [0.5, 0.6) is 0 Å². The highest BCUT2D eigenvalue weighted by molar-refractivity contribution is 7.91. The van der Waals surface area contributed by atoms with Gasteiger partial charge in [0.25, 0.3) is 5.91 Å². The van der Waals surface area contributed by atoms with E-state index in [0.29, 0.717) is 18.0 Å². The van der Waals surface area contributed by atoms with Crippen LogP contribution in [0.25, 0.3) is 0 Å². The maximum absolute atomic E-state index is 13.7. The SMILES string of the molecule is CCCCCc1ccc(N2CCN(S(=O)(=O)C3(C(=O)N(O)Cl)CCN(C(=O)C(F)(F)F)CC3)CC2)cc1. The van der Waals surface area contributed by atoms with Crippen molar-refractivity contribution in [2.75, 3.05) is 44.2 Å². The maximum Gasteiger partial charge on any atom is 0.471 e. The van der Waals surface area contributed by atoms with Gasteiger partial charge in [-0.2, -0.15) is 17.5 Å². The number of amides is 2. The Hall–Kier alpha value is -2.09. The minimum Gasteiger partial charge on any atom is -0.369 e. The molecule has 2 amide bonds. The number of likely N-dealkylation sites (tertiary alicyclic amines) is 1. The molecule has 0 saturated carbocycles. The maximum atomic E-state index is 13.7. The van der Waals surface area contributed by atoms with Crippen LogP contribution in [-0.2, 0) is 26.0 Å². The van der Waals surface area contributed by atoms with Crippen molar-refractivity contribution in [1.29, 1.82) is 0 Å². The number of rotatable bonds is 8. The van der Waals surface area contributed by atoms with Crippen molar-refractivity contribution < 1.29 is 36.4 Å². The number of hydrogen-bond donors (Lipinski definition) is 1. The van der Waals surface area contributed by atoms with E-state index in [2.05, 4.69) is 6.92 Å². The van der Waals surface area contributed by atoms with E-state index in [1.165, 1.54) is 5.56 Å². The Kier molecular flexibility index (Phi) is 9.36. The molecular weight excluding hydrogens is 537 g/mol. The first-order chi connectivity index (χ1) is 17.3. The quantitative estimate of drug-likeness (QED) is 0.224. The summed E-state index contributed by atoms with van der Waals surface area (Å²) >= 11 is 5.41. The number of hydroxylamine groups is 1. The van der Waals surface area contributed by atoms with Crippen molar-refractivity contribution in [2.24, 2.45) is 0 Å². The third-order valence-electron chi connectivity index (χ3n) is 7.10. The molecule has 1 N–H and O–H groups in total. The summed E-state index contributed by atoms with van der Waals surface area (Å²) in [5.41, 5.74) is 2.16. The van der Waals surface area contributed by atoms with Gasteiger partial charge in [-0.25, -0.2) is 8.42 Å². The Balaban J connectivity index is 1.71. The molecule has 2 saturated heterocycles. The largest absolute Gasteiger partial charge is 0.471 e. The molecule has 0 bridgehead atoms. The van der Waals surface area contributed by atoms with Gasteiger partial charge in [-0.05, 0) is 43.4 Å². The predicted octanol–water partition coefficient (Wildman–Crippen LogP) is 3.17. The number of hydrogen-bond acceptors (Lipinski definition) is 6. The zero-order chi connectivity index (χ0) is 27.4. The van der Waals surface area contributed by atoms with Crippen LogP contribution in [0, 0.1) is 0 Å². The minimum atomic E-state index is -5.12. The van der Waals surface area contributed by atoms with E-state index in [-0.39, 0.29) is 17.7 Å². The highest BCUT2D eigenvalue weighted by atomic mass is 35.5. The third-order valence-corrected chi connectivity index (χ3v) is 9.87. The lowest BCUT2D eigenvalue weighted by Crippen LogP contribution is -2.64. The number of piperidine rings is 1. The summed E-state index contributed by atoms with van der Waals surface area (Å²) in [5, 5.41) is 9.58. The molecule has 1 aromatic carbocycles. The van der Waals surface area contributed by atoms with E-state index in [1.54, 1.807) is 0 Å². The van der Waals surface area contributed by atoms with Crippen LogP contribution in [0.2, 0.25) is 0 Å². The summed E-state index contributed by atoms with van der Waals surface area (Å²) in [6, 6.07) is 8.07. The normalized spacial score (nSPS) is 19.1. The van der Waals surface area contributed by atoms with E-state index in [4.69, 9.17) is 11.8 Å². The number of alkyl halides is 3. The Morgan fingerprint density at radius 2 is 1.59 bits per heavy atom. The monoisotopic (exact) mass is 568 g/mol. The number of unbranched alkanes of at least 4 members (excludes halogenated alkanes) is 2. The lowest BCUT2D eigenvalue weighted by Gasteiger charge is -2.44. The summed E-state index contributed by atoms with van der Waals surface area (Å²) in [5.74, 6) is -3.46. The second-order valence-electron chi connectivity index (χ2n) is 9.36. The number of halogens is 4.